The normalized spacial score (nSPS) is 15.9. The van der Waals surface area contributed by atoms with E-state index in [1.54, 1.807) is 0 Å². The monoisotopic (exact) mass is 348 g/mol. The van der Waals surface area contributed by atoms with Crippen LogP contribution in [0.5, 0.6) is 0 Å². The maximum absolute atomic E-state index is 5.41. The number of hydrogen-bond donors (Lipinski definition) is 2. The fourth-order valence-electron chi connectivity index (χ4n) is 2.58. The summed E-state index contributed by atoms with van der Waals surface area (Å²) in [5, 5.41) is 6.86. The van der Waals surface area contributed by atoms with Gasteiger partial charge < -0.3 is 15.0 Å². The summed E-state index contributed by atoms with van der Waals surface area (Å²) in [5.41, 5.74) is 1.03. The molecule has 25 heavy (non-hydrogen) atoms. The third-order valence-corrected chi connectivity index (χ3v) is 3.98. The van der Waals surface area contributed by atoms with E-state index in [9.17, 15) is 0 Å². The molecular formula is C18H32N6O. The van der Waals surface area contributed by atoms with Gasteiger partial charge in [0.05, 0.1) is 13.0 Å². The highest BCUT2D eigenvalue weighted by atomic mass is 16.5. The van der Waals surface area contributed by atoms with Crippen LogP contribution in [0.4, 0.5) is 11.8 Å². The van der Waals surface area contributed by atoms with Gasteiger partial charge >= 0.3 is 0 Å². The van der Waals surface area contributed by atoms with Gasteiger partial charge in [-0.25, -0.2) is 4.98 Å². The molecule has 1 aliphatic heterocycles. The number of nitrogens with one attached hydrogen (secondary N) is 2. The quantitative estimate of drug-likeness (QED) is 0.309. The number of aryl methyl sites for hydroxylation is 1. The van der Waals surface area contributed by atoms with Gasteiger partial charge in [0.25, 0.3) is 0 Å². The first kappa shape index (κ1) is 19.6. The maximum Gasteiger partial charge on any atom is 0.224 e. The second kappa shape index (κ2) is 10.3. The fourth-order valence-corrected chi connectivity index (χ4v) is 2.58. The molecule has 7 heteroatoms. The highest BCUT2D eigenvalue weighted by molar-refractivity contribution is 5.78. The summed E-state index contributed by atoms with van der Waals surface area (Å²) in [7, 11) is 0. The van der Waals surface area contributed by atoms with E-state index in [1.807, 2.05) is 19.5 Å². The Balaban J connectivity index is 2.14. The second-order valence-electron chi connectivity index (χ2n) is 6.72. The highest BCUT2D eigenvalue weighted by Gasteiger charge is 2.16. The molecule has 1 aliphatic rings. The molecule has 1 saturated heterocycles. The molecule has 2 N–H and O–H groups in total. The van der Waals surface area contributed by atoms with Gasteiger partial charge in [0.2, 0.25) is 5.95 Å². The van der Waals surface area contributed by atoms with Crippen molar-refractivity contribution >= 4 is 18.1 Å². The van der Waals surface area contributed by atoms with E-state index >= 15 is 0 Å². The van der Waals surface area contributed by atoms with Gasteiger partial charge in [-0.3, -0.25) is 10.3 Å². The molecule has 2 rings (SSSR count). The topological polar surface area (TPSA) is 74.7 Å². The lowest BCUT2D eigenvalue weighted by atomic mass is 10.1. The van der Waals surface area contributed by atoms with E-state index in [-0.39, 0.29) is 6.04 Å². The molecule has 0 aromatic carbocycles. The van der Waals surface area contributed by atoms with Crippen LogP contribution >= 0.6 is 0 Å². The first-order valence-corrected chi connectivity index (χ1v) is 9.28. The minimum Gasteiger partial charge on any atom is -0.381 e. The van der Waals surface area contributed by atoms with Crippen molar-refractivity contribution in [3.05, 3.63) is 11.8 Å². The third kappa shape index (κ3) is 6.59. The summed E-state index contributed by atoms with van der Waals surface area (Å²) >= 11 is 0. The second-order valence-corrected chi connectivity index (χ2v) is 6.72. The van der Waals surface area contributed by atoms with Crippen LogP contribution in [0, 0.1) is 6.92 Å². The van der Waals surface area contributed by atoms with Gasteiger partial charge in [-0.05, 0) is 46.6 Å². The fraction of sp³-hybridized carbons (Fsp3) is 0.722. The van der Waals surface area contributed by atoms with Crippen molar-refractivity contribution in [3.63, 3.8) is 0 Å². The summed E-state index contributed by atoms with van der Waals surface area (Å²) in [6.45, 7) is 11.6. The van der Waals surface area contributed by atoms with Crippen molar-refractivity contribution in [1.82, 2.24) is 15.3 Å². The molecule has 1 fully saturated rings. The van der Waals surface area contributed by atoms with E-state index in [0.29, 0.717) is 18.7 Å². The molecule has 7 nitrogen and oxygen atoms in total. The Morgan fingerprint density at radius 1 is 1.40 bits per heavy atom. The number of hydrogen-bond acceptors (Lipinski definition) is 6. The average Bonchev–Trinajstić information content (AvgIpc) is 2.60. The zero-order valence-electron chi connectivity index (χ0n) is 16.0. The Kier molecular flexibility index (Phi) is 8.08. The minimum absolute atomic E-state index is 0.246. The van der Waals surface area contributed by atoms with Gasteiger partial charge in [-0.1, -0.05) is 6.92 Å². The van der Waals surface area contributed by atoms with Crippen molar-refractivity contribution in [2.45, 2.75) is 59.0 Å². The van der Waals surface area contributed by atoms with E-state index < -0.39 is 0 Å². The lowest BCUT2D eigenvalue weighted by molar-refractivity contribution is 0.0903. The number of anilines is 2. The molecule has 0 aliphatic carbocycles. The van der Waals surface area contributed by atoms with Crippen molar-refractivity contribution in [3.8, 4) is 0 Å². The van der Waals surface area contributed by atoms with E-state index in [4.69, 9.17) is 9.72 Å². The van der Waals surface area contributed by atoms with Crippen molar-refractivity contribution < 1.29 is 4.74 Å². The molecule has 0 bridgehead atoms. The van der Waals surface area contributed by atoms with Crippen LogP contribution in [0.3, 0.4) is 0 Å². The van der Waals surface area contributed by atoms with Crippen LogP contribution in [0.1, 0.15) is 45.6 Å². The number of ether oxygens (including phenoxy) is 1. The number of aliphatic imine (C=N–C) groups is 1. The van der Waals surface area contributed by atoms with Crippen LogP contribution in [-0.4, -0.2) is 54.8 Å². The summed E-state index contributed by atoms with van der Waals surface area (Å²) in [4.78, 5) is 15.8. The molecule has 0 radical (unpaired) electrons. The van der Waals surface area contributed by atoms with Crippen LogP contribution < -0.4 is 15.5 Å². The van der Waals surface area contributed by atoms with E-state index in [1.165, 1.54) is 0 Å². The summed E-state index contributed by atoms with van der Waals surface area (Å²) in [6.07, 6.45) is 6.82. The first-order valence-electron chi connectivity index (χ1n) is 9.28. The maximum atomic E-state index is 5.41. The minimum atomic E-state index is 0.246. The lowest BCUT2D eigenvalue weighted by Gasteiger charge is -2.25. The van der Waals surface area contributed by atoms with Gasteiger partial charge in [-0.2, -0.15) is 4.98 Å². The van der Waals surface area contributed by atoms with Crippen LogP contribution in [0.2, 0.25) is 0 Å². The van der Waals surface area contributed by atoms with Gasteiger partial charge in [0, 0.05) is 37.1 Å². The summed E-state index contributed by atoms with van der Waals surface area (Å²) in [5.74, 6) is 1.56. The SMILES string of the molecule is CCCNCN(C=NC(C)C)c1nc(NC2CCOCC2)ncc1C. The summed E-state index contributed by atoms with van der Waals surface area (Å²) in [6, 6.07) is 0.621. The molecule has 0 unspecified atom stereocenters. The van der Waals surface area contributed by atoms with Crippen LogP contribution in [0.25, 0.3) is 0 Å². The highest BCUT2D eigenvalue weighted by Crippen LogP contribution is 2.19. The molecule has 0 amide bonds. The lowest BCUT2D eigenvalue weighted by Crippen LogP contribution is -2.35. The van der Waals surface area contributed by atoms with Crippen molar-refractivity contribution in [1.29, 1.82) is 0 Å². The molecule has 0 atom stereocenters. The van der Waals surface area contributed by atoms with E-state index in [2.05, 4.69) is 46.3 Å². The molecular weight excluding hydrogens is 316 g/mol. The molecule has 0 saturated carbocycles. The van der Waals surface area contributed by atoms with Gasteiger partial charge in [0.1, 0.15) is 5.82 Å². The van der Waals surface area contributed by atoms with Crippen LogP contribution in [0.15, 0.2) is 11.2 Å². The molecule has 2 heterocycles. The Bertz CT molecular complexity index is 542. The average molecular weight is 348 g/mol. The Hall–Kier alpha value is -1.73. The molecule has 0 spiro atoms. The molecule has 1 aromatic heterocycles. The number of nitrogens with zero attached hydrogens (tertiary/aromatic N) is 4. The number of rotatable bonds is 9. The Labute approximate surface area is 151 Å². The Morgan fingerprint density at radius 3 is 2.84 bits per heavy atom. The van der Waals surface area contributed by atoms with Crippen molar-refractivity contribution in [2.75, 3.05) is 36.6 Å². The van der Waals surface area contributed by atoms with E-state index in [0.717, 1.165) is 50.4 Å². The first-order chi connectivity index (χ1) is 12.1. The Morgan fingerprint density at radius 2 is 2.16 bits per heavy atom. The largest absolute Gasteiger partial charge is 0.381 e. The number of aromatic nitrogens is 2. The standard InChI is InChI=1S/C18H32N6O/c1-5-8-19-12-24(13-21-14(2)3)17-15(4)11-20-18(23-17)22-16-6-9-25-10-7-16/h11,13-14,16,19H,5-10,12H2,1-4H3,(H,20,22,23). The smallest absolute Gasteiger partial charge is 0.224 e. The molecule has 140 valence electrons. The predicted molar refractivity (Wildman–Crippen MR) is 104 cm³/mol. The zero-order chi connectivity index (χ0) is 18.1. The van der Waals surface area contributed by atoms with Gasteiger partial charge in [0.15, 0.2) is 0 Å². The summed E-state index contributed by atoms with van der Waals surface area (Å²) < 4.78 is 5.41. The predicted octanol–water partition coefficient (Wildman–Crippen LogP) is 2.58. The molecule has 1 aromatic rings. The van der Waals surface area contributed by atoms with Crippen LogP contribution in [-0.2, 0) is 4.74 Å². The zero-order valence-corrected chi connectivity index (χ0v) is 16.0. The van der Waals surface area contributed by atoms with Crippen molar-refractivity contribution in [2.24, 2.45) is 4.99 Å². The third-order valence-electron chi connectivity index (χ3n) is 3.98. The van der Waals surface area contributed by atoms with Gasteiger partial charge in [-0.15, -0.1) is 0 Å².